The summed E-state index contributed by atoms with van der Waals surface area (Å²) in [6, 6.07) is 0. The molecule has 0 rings (SSSR count). The summed E-state index contributed by atoms with van der Waals surface area (Å²) < 4.78 is 10.7. The first-order valence-corrected chi connectivity index (χ1v) is 13.9. The maximum Gasteiger partial charge on any atom is 0.306 e. The van der Waals surface area contributed by atoms with Gasteiger partial charge in [0.2, 0.25) is 0 Å². The Hall–Kier alpha value is -1.06. The van der Waals surface area contributed by atoms with E-state index in [9.17, 15) is 9.59 Å². The van der Waals surface area contributed by atoms with E-state index >= 15 is 0 Å². The predicted octanol–water partition coefficient (Wildman–Crippen LogP) is 8.69. The molecule has 0 aliphatic carbocycles. The molecule has 1 atom stereocenters. The van der Waals surface area contributed by atoms with Crippen molar-refractivity contribution in [3.63, 3.8) is 0 Å². The quantitative estimate of drug-likeness (QED) is 0.108. The highest BCUT2D eigenvalue weighted by atomic mass is 16.5. The average Bonchev–Trinajstić information content (AvgIpc) is 2.76. The standard InChI is InChI=1S/C28H54O4/c1-4-6-7-8-9-10-11-12-13-14-15-16-17-21-25-31-27(29)23-19-18-20-24-28(30)32-26(3)22-5-2/h26H,4-25H2,1-3H3. The van der Waals surface area contributed by atoms with Crippen LogP contribution in [0.1, 0.15) is 156 Å². The van der Waals surface area contributed by atoms with Crippen LogP contribution < -0.4 is 0 Å². The average molecular weight is 455 g/mol. The zero-order valence-electron chi connectivity index (χ0n) is 21.8. The van der Waals surface area contributed by atoms with Crippen LogP contribution in [0.25, 0.3) is 0 Å². The number of ether oxygens (including phenoxy) is 2. The molecule has 0 aromatic heterocycles. The van der Waals surface area contributed by atoms with Gasteiger partial charge in [-0.25, -0.2) is 0 Å². The van der Waals surface area contributed by atoms with Crippen molar-refractivity contribution in [1.29, 1.82) is 0 Å². The lowest BCUT2D eigenvalue weighted by Crippen LogP contribution is -2.14. The van der Waals surface area contributed by atoms with Gasteiger partial charge in [-0.15, -0.1) is 0 Å². The van der Waals surface area contributed by atoms with E-state index in [-0.39, 0.29) is 18.0 Å². The third-order valence-electron chi connectivity index (χ3n) is 6.05. The fourth-order valence-electron chi connectivity index (χ4n) is 4.02. The van der Waals surface area contributed by atoms with E-state index in [4.69, 9.17) is 9.47 Å². The molecule has 190 valence electrons. The van der Waals surface area contributed by atoms with E-state index in [2.05, 4.69) is 13.8 Å². The van der Waals surface area contributed by atoms with Crippen LogP contribution in [0.15, 0.2) is 0 Å². The third kappa shape index (κ3) is 23.6. The molecule has 32 heavy (non-hydrogen) atoms. The minimum Gasteiger partial charge on any atom is -0.466 e. The Morgan fingerprint density at radius 3 is 1.50 bits per heavy atom. The molecule has 0 aliphatic rings. The van der Waals surface area contributed by atoms with Gasteiger partial charge in [0.25, 0.3) is 0 Å². The molecule has 0 amide bonds. The largest absolute Gasteiger partial charge is 0.466 e. The molecule has 0 aromatic carbocycles. The SMILES string of the molecule is CCCCCCCCCCCCCCCCOC(=O)CCCCCC(=O)OC(C)CCC. The molecule has 0 aromatic rings. The molecule has 4 heteroatoms. The molecule has 1 unspecified atom stereocenters. The minimum absolute atomic E-state index is 0.0115. The van der Waals surface area contributed by atoms with E-state index in [1.54, 1.807) is 0 Å². The molecule has 0 saturated carbocycles. The van der Waals surface area contributed by atoms with E-state index in [1.807, 2.05) is 6.92 Å². The van der Waals surface area contributed by atoms with Crippen LogP contribution in [0.2, 0.25) is 0 Å². The smallest absolute Gasteiger partial charge is 0.306 e. The van der Waals surface area contributed by atoms with Crippen LogP contribution in [0, 0.1) is 0 Å². The molecule has 0 heterocycles. The first-order chi connectivity index (χ1) is 15.6. The summed E-state index contributed by atoms with van der Waals surface area (Å²) in [4.78, 5) is 23.5. The van der Waals surface area contributed by atoms with Gasteiger partial charge in [-0.1, -0.05) is 110 Å². The van der Waals surface area contributed by atoms with Gasteiger partial charge in [0, 0.05) is 12.8 Å². The molecule has 0 fully saturated rings. The highest BCUT2D eigenvalue weighted by Crippen LogP contribution is 2.13. The summed E-state index contributed by atoms with van der Waals surface area (Å²) in [5.74, 6) is -0.217. The molecule has 0 radical (unpaired) electrons. The monoisotopic (exact) mass is 454 g/mol. The van der Waals surface area contributed by atoms with Crippen molar-refractivity contribution in [2.75, 3.05) is 6.61 Å². The Bertz CT molecular complexity index is 422. The Balaban J connectivity index is 3.28. The van der Waals surface area contributed by atoms with Gasteiger partial charge in [-0.3, -0.25) is 9.59 Å². The molecule has 0 aliphatic heterocycles. The number of hydrogen-bond donors (Lipinski definition) is 0. The lowest BCUT2D eigenvalue weighted by Gasteiger charge is -2.11. The third-order valence-corrected chi connectivity index (χ3v) is 6.05. The van der Waals surface area contributed by atoms with Crippen LogP contribution in [0.5, 0.6) is 0 Å². The maximum atomic E-state index is 11.8. The Morgan fingerprint density at radius 2 is 1.00 bits per heavy atom. The van der Waals surface area contributed by atoms with Crippen molar-refractivity contribution in [3.8, 4) is 0 Å². The summed E-state index contributed by atoms with van der Waals surface area (Å²) in [5, 5.41) is 0. The van der Waals surface area contributed by atoms with E-state index in [0.29, 0.717) is 19.4 Å². The first kappa shape index (κ1) is 30.9. The van der Waals surface area contributed by atoms with Gasteiger partial charge in [0.15, 0.2) is 0 Å². The second-order valence-electron chi connectivity index (χ2n) is 9.47. The van der Waals surface area contributed by atoms with Crippen LogP contribution >= 0.6 is 0 Å². The summed E-state index contributed by atoms with van der Waals surface area (Å²) in [7, 11) is 0. The molecule has 0 saturated heterocycles. The fourth-order valence-corrected chi connectivity index (χ4v) is 4.02. The van der Waals surface area contributed by atoms with Crippen molar-refractivity contribution >= 4 is 11.9 Å². The zero-order valence-corrected chi connectivity index (χ0v) is 21.8. The van der Waals surface area contributed by atoms with E-state index < -0.39 is 0 Å². The minimum atomic E-state index is -0.119. The van der Waals surface area contributed by atoms with Crippen molar-refractivity contribution in [2.45, 2.75) is 162 Å². The van der Waals surface area contributed by atoms with E-state index in [0.717, 1.165) is 44.9 Å². The summed E-state index contributed by atoms with van der Waals surface area (Å²) >= 11 is 0. The van der Waals surface area contributed by atoms with Gasteiger partial charge in [0.1, 0.15) is 0 Å². The molecule has 4 nitrogen and oxygen atoms in total. The fraction of sp³-hybridized carbons (Fsp3) is 0.929. The second-order valence-corrected chi connectivity index (χ2v) is 9.47. The van der Waals surface area contributed by atoms with Crippen LogP contribution in [0.3, 0.4) is 0 Å². The highest BCUT2D eigenvalue weighted by molar-refractivity contribution is 5.70. The molecular weight excluding hydrogens is 400 g/mol. The first-order valence-electron chi connectivity index (χ1n) is 13.9. The Morgan fingerprint density at radius 1 is 0.562 bits per heavy atom. The van der Waals surface area contributed by atoms with Crippen LogP contribution in [0.4, 0.5) is 0 Å². The number of unbranched alkanes of at least 4 members (excludes halogenated alkanes) is 15. The van der Waals surface area contributed by atoms with Crippen molar-refractivity contribution in [2.24, 2.45) is 0 Å². The van der Waals surface area contributed by atoms with Crippen LogP contribution in [-0.4, -0.2) is 24.6 Å². The van der Waals surface area contributed by atoms with Crippen molar-refractivity contribution < 1.29 is 19.1 Å². The number of rotatable bonds is 24. The number of hydrogen-bond acceptors (Lipinski definition) is 4. The van der Waals surface area contributed by atoms with Gasteiger partial charge >= 0.3 is 11.9 Å². The number of carbonyl (C=O) groups is 2. The number of esters is 2. The maximum absolute atomic E-state index is 11.8. The number of carbonyl (C=O) groups excluding carboxylic acids is 2. The summed E-state index contributed by atoms with van der Waals surface area (Å²) in [6.07, 6.45) is 23.9. The summed E-state index contributed by atoms with van der Waals surface area (Å²) in [5.41, 5.74) is 0. The predicted molar refractivity (Wildman–Crippen MR) is 135 cm³/mol. The van der Waals surface area contributed by atoms with E-state index in [1.165, 1.54) is 77.0 Å². The second kappa shape index (κ2) is 24.6. The van der Waals surface area contributed by atoms with Crippen LogP contribution in [-0.2, 0) is 19.1 Å². The Labute approximate surface area is 199 Å². The van der Waals surface area contributed by atoms with Gasteiger partial charge in [0.05, 0.1) is 12.7 Å². The molecular formula is C28H54O4. The topological polar surface area (TPSA) is 52.6 Å². The van der Waals surface area contributed by atoms with Gasteiger partial charge in [-0.2, -0.15) is 0 Å². The van der Waals surface area contributed by atoms with Crippen molar-refractivity contribution in [3.05, 3.63) is 0 Å². The highest BCUT2D eigenvalue weighted by Gasteiger charge is 2.09. The molecule has 0 bridgehead atoms. The lowest BCUT2D eigenvalue weighted by molar-refractivity contribution is -0.148. The zero-order chi connectivity index (χ0) is 23.7. The molecule has 0 spiro atoms. The summed E-state index contributed by atoms with van der Waals surface area (Å²) in [6.45, 7) is 6.85. The molecule has 0 N–H and O–H groups in total. The van der Waals surface area contributed by atoms with Gasteiger partial charge in [-0.05, 0) is 32.6 Å². The van der Waals surface area contributed by atoms with Crippen molar-refractivity contribution in [1.82, 2.24) is 0 Å². The lowest BCUT2D eigenvalue weighted by atomic mass is 10.0. The normalized spacial score (nSPS) is 12.0. The van der Waals surface area contributed by atoms with Gasteiger partial charge < -0.3 is 9.47 Å². The Kier molecular flexibility index (Phi) is 23.8.